The first-order valence-electron chi connectivity index (χ1n) is 6.41. The molecule has 2 rings (SSSR count). The van der Waals surface area contributed by atoms with Crippen molar-refractivity contribution < 1.29 is 9.59 Å². The summed E-state index contributed by atoms with van der Waals surface area (Å²) in [6, 6.07) is -0.0524. The van der Waals surface area contributed by atoms with Crippen molar-refractivity contribution in [3.05, 3.63) is 0 Å². The third-order valence-electron chi connectivity index (χ3n) is 3.78. The number of carbonyl (C=O) groups excluding carboxylic acids is 2. The molecule has 0 spiro atoms. The van der Waals surface area contributed by atoms with E-state index in [1.54, 1.807) is 4.90 Å². The standard InChI is InChI=1S/C13H22N2O2/c1-8(2)5-9-12(17)15(7-11(16)14-9)10-6-13(10,3)4/h8-10H,5-7H2,1-4H3,(H,14,16). The van der Waals surface area contributed by atoms with Crippen LogP contribution >= 0.6 is 0 Å². The molecule has 96 valence electrons. The lowest BCUT2D eigenvalue weighted by molar-refractivity contribution is -0.145. The molecule has 4 nitrogen and oxygen atoms in total. The number of nitrogens with one attached hydrogen (secondary N) is 1. The molecule has 2 fully saturated rings. The lowest BCUT2D eigenvalue weighted by atomic mass is 10.0. The molecule has 4 heteroatoms. The summed E-state index contributed by atoms with van der Waals surface area (Å²) in [6.45, 7) is 8.67. The summed E-state index contributed by atoms with van der Waals surface area (Å²) in [5.41, 5.74) is 0.190. The van der Waals surface area contributed by atoms with E-state index in [9.17, 15) is 9.59 Å². The highest BCUT2D eigenvalue weighted by molar-refractivity contribution is 5.95. The van der Waals surface area contributed by atoms with Gasteiger partial charge in [-0.05, 0) is 24.2 Å². The van der Waals surface area contributed by atoms with Crippen LogP contribution in [0.3, 0.4) is 0 Å². The number of hydrogen-bond donors (Lipinski definition) is 1. The quantitative estimate of drug-likeness (QED) is 0.802. The van der Waals surface area contributed by atoms with Crippen LogP contribution in [0, 0.1) is 11.3 Å². The molecular weight excluding hydrogens is 216 g/mol. The Bertz CT molecular complexity index is 349. The molecule has 0 bridgehead atoms. The Kier molecular flexibility index (Phi) is 2.92. The molecule has 0 aromatic rings. The molecule has 2 aliphatic rings. The van der Waals surface area contributed by atoms with Gasteiger partial charge in [-0.1, -0.05) is 27.7 Å². The summed E-state index contributed by atoms with van der Waals surface area (Å²) in [5.74, 6) is 0.503. The normalized spacial score (nSPS) is 31.7. The van der Waals surface area contributed by atoms with Gasteiger partial charge in [0.15, 0.2) is 0 Å². The fourth-order valence-corrected chi connectivity index (χ4v) is 2.60. The SMILES string of the molecule is CC(C)CC1NC(=O)CN(C2CC2(C)C)C1=O. The van der Waals surface area contributed by atoms with E-state index >= 15 is 0 Å². The molecule has 0 radical (unpaired) electrons. The van der Waals surface area contributed by atoms with Crippen LogP contribution in [0.5, 0.6) is 0 Å². The second-order valence-corrected chi connectivity index (χ2v) is 6.42. The Balaban J connectivity index is 2.07. The van der Waals surface area contributed by atoms with Crippen molar-refractivity contribution in [2.24, 2.45) is 11.3 Å². The van der Waals surface area contributed by atoms with Crippen molar-refractivity contribution in [3.63, 3.8) is 0 Å². The number of piperazine rings is 1. The molecule has 2 unspecified atom stereocenters. The van der Waals surface area contributed by atoms with Crippen LogP contribution in [0.4, 0.5) is 0 Å². The Morgan fingerprint density at radius 1 is 1.41 bits per heavy atom. The van der Waals surface area contributed by atoms with E-state index in [4.69, 9.17) is 0 Å². The van der Waals surface area contributed by atoms with Crippen molar-refractivity contribution in [1.29, 1.82) is 0 Å². The number of amides is 2. The van der Waals surface area contributed by atoms with E-state index in [1.807, 2.05) is 0 Å². The molecule has 1 N–H and O–H groups in total. The van der Waals surface area contributed by atoms with Gasteiger partial charge in [0.25, 0.3) is 0 Å². The third-order valence-corrected chi connectivity index (χ3v) is 3.78. The summed E-state index contributed by atoms with van der Waals surface area (Å²) in [5, 5.41) is 2.81. The first-order chi connectivity index (χ1) is 7.81. The van der Waals surface area contributed by atoms with Gasteiger partial charge in [-0.3, -0.25) is 9.59 Å². The summed E-state index contributed by atoms with van der Waals surface area (Å²) < 4.78 is 0. The van der Waals surface area contributed by atoms with Crippen molar-refractivity contribution >= 4 is 11.8 Å². The maximum atomic E-state index is 12.3. The van der Waals surface area contributed by atoms with Crippen LogP contribution in [0.1, 0.15) is 40.5 Å². The summed E-state index contributed by atoms with van der Waals surface area (Å²) in [6.07, 6.45) is 1.74. The molecule has 1 aliphatic heterocycles. The largest absolute Gasteiger partial charge is 0.343 e. The highest BCUT2D eigenvalue weighted by atomic mass is 16.2. The highest BCUT2D eigenvalue weighted by Gasteiger charge is 2.53. The van der Waals surface area contributed by atoms with E-state index in [-0.39, 0.29) is 35.9 Å². The van der Waals surface area contributed by atoms with E-state index in [0.717, 1.165) is 12.8 Å². The minimum atomic E-state index is -0.312. The van der Waals surface area contributed by atoms with Crippen LogP contribution in [-0.2, 0) is 9.59 Å². The second-order valence-electron chi connectivity index (χ2n) is 6.42. The number of hydrogen-bond acceptors (Lipinski definition) is 2. The van der Waals surface area contributed by atoms with Gasteiger partial charge in [0.05, 0.1) is 6.54 Å². The van der Waals surface area contributed by atoms with Gasteiger partial charge in [0.1, 0.15) is 6.04 Å². The van der Waals surface area contributed by atoms with Gasteiger partial charge >= 0.3 is 0 Å². The second kappa shape index (κ2) is 4.00. The van der Waals surface area contributed by atoms with Crippen LogP contribution in [0.25, 0.3) is 0 Å². The van der Waals surface area contributed by atoms with Crippen molar-refractivity contribution in [3.8, 4) is 0 Å². The van der Waals surface area contributed by atoms with Gasteiger partial charge in [-0.25, -0.2) is 0 Å². The van der Waals surface area contributed by atoms with Gasteiger partial charge in [0, 0.05) is 6.04 Å². The van der Waals surface area contributed by atoms with Crippen molar-refractivity contribution in [1.82, 2.24) is 10.2 Å². The monoisotopic (exact) mass is 238 g/mol. The number of nitrogens with zero attached hydrogens (tertiary/aromatic N) is 1. The molecular formula is C13H22N2O2. The van der Waals surface area contributed by atoms with E-state index in [1.165, 1.54) is 0 Å². The minimum absolute atomic E-state index is 0.0158. The molecule has 0 aromatic carbocycles. The first-order valence-corrected chi connectivity index (χ1v) is 6.41. The lowest BCUT2D eigenvalue weighted by Crippen LogP contribution is -2.59. The maximum absolute atomic E-state index is 12.3. The van der Waals surface area contributed by atoms with Crippen molar-refractivity contribution in [2.45, 2.75) is 52.6 Å². The highest BCUT2D eigenvalue weighted by Crippen LogP contribution is 2.49. The number of carbonyl (C=O) groups is 2. The van der Waals surface area contributed by atoms with Gasteiger partial charge in [-0.2, -0.15) is 0 Å². The summed E-state index contributed by atoms with van der Waals surface area (Å²) >= 11 is 0. The Labute approximate surface area is 103 Å². The van der Waals surface area contributed by atoms with Crippen LogP contribution in [-0.4, -0.2) is 35.3 Å². The lowest BCUT2D eigenvalue weighted by Gasteiger charge is -2.34. The zero-order valence-electron chi connectivity index (χ0n) is 11.1. The summed E-state index contributed by atoms with van der Waals surface area (Å²) in [4.78, 5) is 25.7. The fraction of sp³-hybridized carbons (Fsp3) is 0.846. The molecule has 1 saturated heterocycles. The third kappa shape index (κ3) is 2.45. The van der Waals surface area contributed by atoms with Gasteiger partial charge in [-0.15, -0.1) is 0 Å². The smallest absolute Gasteiger partial charge is 0.245 e. The first kappa shape index (κ1) is 12.4. The summed E-state index contributed by atoms with van der Waals surface area (Å²) in [7, 11) is 0. The van der Waals surface area contributed by atoms with E-state index < -0.39 is 0 Å². The zero-order valence-corrected chi connectivity index (χ0v) is 11.1. The molecule has 2 atom stereocenters. The molecule has 0 aromatic heterocycles. The molecule has 1 saturated carbocycles. The van der Waals surface area contributed by atoms with Crippen LogP contribution in [0.15, 0.2) is 0 Å². The van der Waals surface area contributed by atoms with E-state index in [0.29, 0.717) is 5.92 Å². The Morgan fingerprint density at radius 3 is 2.47 bits per heavy atom. The average molecular weight is 238 g/mol. The van der Waals surface area contributed by atoms with Crippen molar-refractivity contribution in [2.75, 3.05) is 6.54 Å². The van der Waals surface area contributed by atoms with Gasteiger partial charge < -0.3 is 10.2 Å². The predicted octanol–water partition coefficient (Wildman–Crippen LogP) is 1.16. The fourth-order valence-electron chi connectivity index (χ4n) is 2.60. The predicted molar refractivity (Wildman–Crippen MR) is 65.3 cm³/mol. The Morgan fingerprint density at radius 2 is 2.00 bits per heavy atom. The molecule has 2 amide bonds. The minimum Gasteiger partial charge on any atom is -0.343 e. The topological polar surface area (TPSA) is 49.4 Å². The van der Waals surface area contributed by atoms with E-state index in [2.05, 4.69) is 33.0 Å². The molecule has 1 aliphatic carbocycles. The zero-order chi connectivity index (χ0) is 12.8. The average Bonchev–Trinajstić information content (AvgIpc) is 2.80. The van der Waals surface area contributed by atoms with Crippen LogP contribution in [0.2, 0.25) is 0 Å². The van der Waals surface area contributed by atoms with Crippen LogP contribution < -0.4 is 5.32 Å². The maximum Gasteiger partial charge on any atom is 0.245 e. The number of rotatable bonds is 3. The molecule has 1 heterocycles. The Hall–Kier alpha value is -1.06. The van der Waals surface area contributed by atoms with Gasteiger partial charge in [0.2, 0.25) is 11.8 Å². The molecule has 17 heavy (non-hydrogen) atoms.